The molecule has 23 heavy (non-hydrogen) atoms. The molecule has 0 aliphatic heterocycles. The largest absolute Gasteiger partial charge is 0.478 e. The molecule has 0 aliphatic carbocycles. The van der Waals surface area contributed by atoms with Crippen LogP contribution in [0.5, 0.6) is 0 Å². The number of carbonyl (C=O) groups is 2. The van der Waals surface area contributed by atoms with Crippen molar-refractivity contribution in [3.8, 4) is 0 Å². The molecule has 0 radical (unpaired) electrons. The summed E-state index contributed by atoms with van der Waals surface area (Å²) in [5.74, 6) is -1.45. The monoisotopic (exact) mass is 504 g/mol. The van der Waals surface area contributed by atoms with Gasteiger partial charge in [0.15, 0.2) is 5.11 Å². The van der Waals surface area contributed by atoms with Gasteiger partial charge >= 0.3 is 5.97 Å². The molecule has 2 aromatic rings. The number of anilines is 1. The van der Waals surface area contributed by atoms with Crippen LogP contribution in [0.3, 0.4) is 0 Å². The lowest BCUT2D eigenvalue weighted by molar-refractivity contribution is 0.0697. The molecule has 0 bridgehead atoms. The number of thiocarbonyl (C=S) groups is 1. The van der Waals surface area contributed by atoms with Crippen molar-refractivity contribution in [1.82, 2.24) is 5.32 Å². The van der Waals surface area contributed by atoms with Crippen LogP contribution in [0, 0.1) is 3.57 Å². The normalized spacial score (nSPS) is 10.0. The number of aromatic carboxylic acids is 1. The van der Waals surface area contributed by atoms with Crippen LogP contribution in [-0.4, -0.2) is 22.1 Å². The van der Waals surface area contributed by atoms with Crippen molar-refractivity contribution in [2.75, 3.05) is 5.32 Å². The Hall–Kier alpha value is -1.52. The van der Waals surface area contributed by atoms with Crippen LogP contribution >= 0.6 is 50.7 Å². The van der Waals surface area contributed by atoms with E-state index in [-0.39, 0.29) is 16.6 Å². The zero-order valence-corrected chi connectivity index (χ0v) is 16.0. The standard InChI is InChI=1S/C15H10BrIN2O3S/c16-9-3-1-8(2-4-9)13(20)19-15(23)18-12-6-5-10(17)7-11(12)14(21)22/h1-7H,(H,21,22)(H2,18,19,20,23). The molecule has 0 saturated carbocycles. The van der Waals surface area contributed by atoms with E-state index in [0.29, 0.717) is 11.3 Å². The van der Waals surface area contributed by atoms with Crippen molar-refractivity contribution < 1.29 is 14.7 Å². The van der Waals surface area contributed by atoms with Crippen molar-refractivity contribution in [2.24, 2.45) is 0 Å². The minimum atomic E-state index is -1.08. The van der Waals surface area contributed by atoms with Crippen LogP contribution in [0.2, 0.25) is 0 Å². The van der Waals surface area contributed by atoms with Crippen molar-refractivity contribution in [3.05, 3.63) is 61.6 Å². The quantitative estimate of drug-likeness (QED) is 0.436. The number of rotatable bonds is 3. The second-order valence-electron chi connectivity index (χ2n) is 4.41. The van der Waals surface area contributed by atoms with E-state index in [1.54, 1.807) is 36.4 Å². The fourth-order valence-electron chi connectivity index (χ4n) is 1.73. The SMILES string of the molecule is O=C(NC(=S)Nc1ccc(I)cc1C(=O)O)c1ccc(Br)cc1. The molecular weight excluding hydrogens is 495 g/mol. The van der Waals surface area contributed by atoms with Crippen LogP contribution in [0.25, 0.3) is 0 Å². The number of carbonyl (C=O) groups excluding carboxylic acids is 1. The highest BCUT2D eigenvalue weighted by Gasteiger charge is 2.13. The maximum absolute atomic E-state index is 12.1. The van der Waals surface area contributed by atoms with E-state index >= 15 is 0 Å². The van der Waals surface area contributed by atoms with Crippen LogP contribution < -0.4 is 10.6 Å². The average Bonchev–Trinajstić information content (AvgIpc) is 2.49. The molecule has 0 aromatic heterocycles. The second-order valence-corrected chi connectivity index (χ2v) is 6.98. The van der Waals surface area contributed by atoms with Crippen LogP contribution in [0.4, 0.5) is 5.69 Å². The third kappa shape index (κ3) is 4.98. The highest BCUT2D eigenvalue weighted by atomic mass is 127. The van der Waals surface area contributed by atoms with Gasteiger partial charge in [0.25, 0.3) is 5.91 Å². The first kappa shape index (κ1) is 17.8. The zero-order chi connectivity index (χ0) is 17.0. The van der Waals surface area contributed by atoms with Crippen molar-refractivity contribution >= 4 is 73.4 Å². The molecular formula is C15H10BrIN2O3S. The van der Waals surface area contributed by atoms with Gasteiger partial charge in [-0.15, -0.1) is 0 Å². The number of nitrogens with one attached hydrogen (secondary N) is 2. The Kier molecular flexibility index (Phi) is 6.08. The molecule has 0 saturated heterocycles. The highest BCUT2D eigenvalue weighted by molar-refractivity contribution is 14.1. The van der Waals surface area contributed by atoms with Crippen molar-refractivity contribution in [3.63, 3.8) is 0 Å². The summed E-state index contributed by atoms with van der Waals surface area (Å²) < 4.78 is 1.65. The molecule has 8 heteroatoms. The summed E-state index contributed by atoms with van der Waals surface area (Å²) in [6, 6.07) is 11.6. The number of benzene rings is 2. The third-order valence-corrected chi connectivity index (χ3v) is 4.20. The Morgan fingerprint density at radius 3 is 2.39 bits per heavy atom. The predicted octanol–water partition coefficient (Wildman–Crippen LogP) is 3.88. The third-order valence-electron chi connectivity index (χ3n) is 2.79. The van der Waals surface area contributed by atoms with E-state index in [2.05, 4.69) is 26.6 Å². The van der Waals surface area contributed by atoms with E-state index in [1.165, 1.54) is 6.07 Å². The predicted molar refractivity (Wildman–Crippen MR) is 104 cm³/mol. The number of amides is 1. The maximum atomic E-state index is 12.1. The van der Waals surface area contributed by atoms with E-state index in [9.17, 15) is 14.7 Å². The van der Waals surface area contributed by atoms with E-state index in [1.807, 2.05) is 22.6 Å². The van der Waals surface area contributed by atoms with Gasteiger partial charge in [-0.05, 0) is 77.3 Å². The minimum absolute atomic E-state index is 0.0293. The fraction of sp³-hybridized carbons (Fsp3) is 0. The molecule has 0 fully saturated rings. The van der Waals surface area contributed by atoms with Gasteiger partial charge < -0.3 is 10.4 Å². The number of carboxylic acids is 1. The number of hydrogen-bond donors (Lipinski definition) is 3. The summed E-state index contributed by atoms with van der Waals surface area (Å²) in [5.41, 5.74) is 0.842. The molecule has 3 N–H and O–H groups in total. The van der Waals surface area contributed by atoms with Gasteiger partial charge in [0.05, 0.1) is 11.3 Å². The minimum Gasteiger partial charge on any atom is -0.478 e. The molecule has 0 aliphatic rings. The second kappa shape index (κ2) is 7.84. The Morgan fingerprint density at radius 1 is 1.13 bits per heavy atom. The molecule has 2 rings (SSSR count). The summed E-state index contributed by atoms with van der Waals surface area (Å²) in [5, 5.41) is 14.5. The van der Waals surface area contributed by atoms with Gasteiger partial charge in [0.2, 0.25) is 0 Å². The van der Waals surface area contributed by atoms with Gasteiger partial charge in [-0.1, -0.05) is 15.9 Å². The van der Waals surface area contributed by atoms with Crippen molar-refractivity contribution in [1.29, 1.82) is 0 Å². The lowest BCUT2D eigenvalue weighted by Gasteiger charge is -2.12. The van der Waals surface area contributed by atoms with Crippen LogP contribution in [0.15, 0.2) is 46.9 Å². The summed E-state index contributed by atoms with van der Waals surface area (Å²) in [7, 11) is 0. The van der Waals surface area contributed by atoms with E-state index < -0.39 is 5.97 Å². The molecule has 0 unspecified atom stereocenters. The number of hydrogen-bond acceptors (Lipinski definition) is 3. The lowest BCUT2D eigenvalue weighted by atomic mass is 10.2. The average molecular weight is 505 g/mol. The summed E-state index contributed by atoms with van der Waals surface area (Å²) in [6.45, 7) is 0. The summed E-state index contributed by atoms with van der Waals surface area (Å²) in [6.07, 6.45) is 0. The molecule has 5 nitrogen and oxygen atoms in total. The fourth-order valence-corrected chi connectivity index (χ4v) is 2.69. The maximum Gasteiger partial charge on any atom is 0.337 e. The smallest absolute Gasteiger partial charge is 0.337 e. The lowest BCUT2D eigenvalue weighted by Crippen LogP contribution is -2.34. The molecule has 0 atom stereocenters. The first-order valence-corrected chi connectivity index (χ1v) is 8.55. The highest BCUT2D eigenvalue weighted by Crippen LogP contribution is 2.19. The number of carboxylic acid groups (broad SMARTS) is 1. The number of halogens is 2. The first-order chi connectivity index (χ1) is 10.9. The Bertz CT molecular complexity index is 781. The summed E-state index contributed by atoms with van der Waals surface area (Å²) in [4.78, 5) is 23.3. The molecule has 0 heterocycles. The molecule has 0 spiro atoms. The molecule has 118 valence electrons. The molecule has 1 amide bonds. The Labute approximate surface area is 159 Å². The van der Waals surface area contributed by atoms with Gasteiger partial charge in [-0.2, -0.15) is 0 Å². The molecule has 2 aromatic carbocycles. The van der Waals surface area contributed by atoms with Gasteiger partial charge in [0, 0.05) is 13.6 Å². The van der Waals surface area contributed by atoms with Crippen LogP contribution in [-0.2, 0) is 0 Å². The van der Waals surface area contributed by atoms with Crippen molar-refractivity contribution in [2.45, 2.75) is 0 Å². The summed E-state index contributed by atoms with van der Waals surface area (Å²) >= 11 is 10.4. The van der Waals surface area contributed by atoms with Gasteiger partial charge in [-0.25, -0.2) is 4.79 Å². The van der Waals surface area contributed by atoms with Gasteiger partial charge in [0.1, 0.15) is 0 Å². The Balaban J connectivity index is 2.09. The van der Waals surface area contributed by atoms with E-state index in [0.717, 1.165) is 8.04 Å². The topological polar surface area (TPSA) is 78.4 Å². The van der Waals surface area contributed by atoms with Crippen LogP contribution in [0.1, 0.15) is 20.7 Å². The van der Waals surface area contributed by atoms with E-state index in [4.69, 9.17) is 12.2 Å². The first-order valence-electron chi connectivity index (χ1n) is 6.27. The Morgan fingerprint density at radius 2 is 1.78 bits per heavy atom. The van der Waals surface area contributed by atoms with Gasteiger partial charge in [-0.3, -0.25) is 10.1 Å². The zero-order valence-electron chi connectivity index (χ0n) is 11.5.